The van der Waals surface area contributed by atoms with E-state index in [0.717, 1.165) is 5.56 Å². The Bertz CT molecular complexity index is 883. The molecule has 2 aromatic carbocycles. The van der Waals surface area contributed by atoms with E-state index in [1.165, 1.54) is 24.1 Å². The number of halogens is 1. The number of amides is 2. The number of nitrogens with zero attached hydrogens (tertiary/aromatic N) is 1. The fourth-order valence-electron chi connectivity index (χ4n) is 2.89. The molecule has 0 bridgehead atoms. The van der Waals surface area contributed by atoms with Gasteiger partial charge in [-0.2, -0.15) is 0 Å². The van der Waals surface area contributed by atoms with Gasteiger partial charge >= 0.3 is 12.1 Å². The summed E-state index contributed by atoms with van der Waals surface area (Å²) in [7, 11) is 1.28. The first-order valence-electron chi connectivity index (χ1n) is 9.10. The van der Waals surface area contributed by atoms with Crippen molar-refractivity contribution in [2.24, 2.45) is 0 Å². The molecule has 7 nitrogen and oxygen atoms in total. The van der Waals surface area contributed by atoms with Crippen LogP contribution in [0.2, 0.25) is 0 Å². The Labute approximate surface area is 167 Å². The summed E-state index contributed by atoms with van der Waals surface area (Å²) in [4.78, 5) is 37.0. The van der Waals surface area contributed by atoms with Crippen LogP contribution in [0.5, 0.6) is 0 Å². The number of anilines is 1. The van der Waals surface area contributed by atoms with E-state index in [4.69, 9.17) is 4.74 Å². The lowest BCUT2D eigenvalue weighted by Gasteiger charge is -2.37. The number of carbonyl (C=O) groups excluding carboxylic acids is 3. The molecular weight excluding hydrogens is 379 g/mol. The third-order valence-corrected chi connectivity index (χ3v) is 4.61. The van der Waals surface area contributed by atoms with E-state index < -0.39 is 18.1 Å². The molecule has 0 spiro atoms. The first-order chi connectivity index (χ1) is 14.0. The van der Waals surface area contributed by atoms with Gasteiger partial charge in [0.05, 0.1) is 13.5 Å². The van der Waals surface area contributed by atoms with Crippen LogP contribution in [-0.4, -0.2) is 42.6 Å². The third kappa shape index (κ3) is 5.31. The second-order valence-corrected chi connectivity index (χ2v) is 6.62. The lowest BCUT2D eigenvalue weighted by atomic mass is 10.1. The van der Waals surface area contributed by atoms with Crippen LogP contribution >= 0.6 is 0 Å². The number of ether oxygens (including phenoxy) is 2. The van der Waals surface area contributed by atoms with E-state index in [1.807, 2.05) is 0 Å². The normalized spacial score (nSPS) is 15.2. The van der Waals surface area contributed by atoms with Gasteiger partial charge in [0.15, 0.2) is 0 Å². The molecule has 0 saturated carbocycles. The highest BCUT2D eigenvalue weighted by Crippen LogP contribution is 2.20. The number of esters is 1. The zero-order valence-electron chi connectivity index (χ0n) is 15.9. The molecule has 2 aromatic rings. The summed E-state index contributed by atoms with van der Waals surface area (Å²) in [6.07, 6.45) is 0.133. The molecule has 1 aliphatic rings. The van der Waals surface area contributed by atoms with Gasteiger partial charge in [0, 0.05) is 12.2 Å². The van der Waals surface area contributed by atoms with Crippen molar-refractivity contribution in [3.63, 3.8) is 0 Å². The SMILES string of the molecule is COC(=O)[C@@H]1CCN1C(=O)OCc1ccc(NC(=O)Cc2ccc(F)cc2)cc1. The van der Waals surface area contributed by atoms with Crippen LogP contribution < -0.4 is 5.32 Å². The second kappa shape index (κ2) is 9.18. The summed E-state index contributed by atoms with van der Waals surface area (Å²) >= 11 is 0. The van der Waals surface area contributed by atoms with Crippen molar-refractivity contribution in [1.29, 1.82) is 0 Å². The summed E-state index contributed by atoms with van der Waals surface area (Å²) in [6, 6.07) is 12.0. The Kier molecular flexibility index (Phi) is 6.43. The Balaban J connectivity index is 1.46. The van der Waals surface area contributed by atoms with Crippen molar-refractivity contribution >= 4 is 23.7 Å². The van der Waals surface area contributed by atoms with Crippen molar-refractivity contribution < 1.29 is 28.2 Å². The molecule has 1 fully saturated rings. The number of carbonyl (C=O) groups is 3. The molecule has 0 aliphatic carbocycles. The number of hydrogen-bond acceptors (Lipinski definition) is 5. The van der Waals surface area contributed by atoms with Crippen LogP contribution in [0.1, 0.15) is 17.5 Å². The molecule has 2 amide bonds. The van der Waals surface area contributed by atoms with Crippen molar-refractivity contribution in [2.75, 3.05) is 19.0 Å². The largest absolute Gasteiger partial charge is 0.467 e. The highest BCUT2D eigenvalue weighted by atomic mass is 19.1. The number of likely N-dealkylation sites (tertiary alicyclic amines) is 1. The Hall–Kier alpha value is -3.42. The van der Waals surface area contributed by atoms with Crippen LogP contribution in [0, 0.1) is 5.82 Å². The van der Waals surface area contributed by atoms with Crippen molar-refractivity contribution in [3.8, 4) is 0 Å². The quantitative estimate of drug-likeness (QED) is 0.754. The van der Waals surface area contributed by atoms with Crippen molar-refractivity contribution in [3.05, 3.63) is 65.5 Å². The Morgan fingerprint density at radius 1 is 1.07 bits per heavy atom. The first-order valence-corrected chi connectivity index (χ1v) is 9.10. The Morgan fingerprint density at radius 2 is 1.72 bits per heavy atom. The number of benzene rings is 2. The van der Waals surface area contributed by atoms with Crippen molar-refractivity contribution in [1.82, 2.24) is 4.90 Å². The van der Waals surface area contributed by atoms with E-state index in [2.05, 4.69) is 10.1 Å². The predicted molar refractivity (Wildman–Crippen MR) is 102 cm³/mol. The van der Waals surface area contributed by atoms with E-state index in [9.17, 15) is 18.8 Å². The maximum Gasteiger partial charge on any atom is 0.410 e. The molecule has 8 heteroatoms. The lowest BCUT2D eigenvalue weighted by molar-refractivity contribution is -0.150. The zero-order chi connectivity index (χ0) is 20.8. The molecule has 3 rings (SSSR count). The molecule has 1 atom stereocenters. The summed E-state index contributed by atoms with van der Waals surface area (Å²) in [5.74, 6) is -1.02. The van der Waals surface area contributed by atoms with E-state index >= 15 is 0 Å². The number of methoxy groups -OCH3 is 1. The summed E-state index contributed by atoms with van der Waals surface area (Å²) in [5, 5.41) is 2.76. The lowest BCUT2D eigenvalue weighted by Crippen LogP contribution is -2.55. The molecule has 0 radical (unpaired) electrons. The summed E-state index contributed by atoms with van der Waals surface area (Å²) < 4.78 is 22.8. The third-order valence-electron chi connectivity index (χ3n) is 4.61. The predicted octanol–water partition coefficient (Wildman–Crippen LogP) is 2.89. The maximum absolute atomic E-state index is 12.9. The second-order valence-electron chi connectivity index (χ2n) is 6.62. The van der Waals surface area contributed by atoms with Crippen LogP contribution in [-0.2, 0) is 32.1 Å². The van der Waals surface area contributed by atoms with Crippen LogP contribution in [0.4, 0.5) is 14.9 Å². The number of rotatable bonds is 6. The standard InChI is InChI=1S/C21H21FN2O5/c1-28-20(26)18-10-11-24(18)21(27)29-13-15-4-8-17(9-5-15)23-19(25)12-14-2-6-16(22)7-3-14/h2-9,18H,10-13H2,1H3,(H,23,25)/t18-/m0/s1. The van der Waals surface area contributed by atoms with Crippen LogP contribution in [0.25, 0.3) is 0 Å². The van der Waals surface area contributed by atoms with Gasteiger partial charge in [0.25, 0.3) is 0 Å². The topological polar surface area (TPSA) is 84.9 Å². The highest BCUT2D eigenvalue weighted by Gasteiger charge is 2.39. The molecule has 1 N–H and O–H groups in total. The molecular formula is C21H21FN2O5. The smallest absolute Gasteiger partial charge is 0.410 e. The summed E-state index contributed by atoms with van der Waals surface area (Å²) in [5.41, 5.74) is 2.05. The summed E-state index contributed by atoms with van der Waals surface area (Å²) in [6.45, 7) is 0.505. The zero-order valence-corrected chi connectivity index (χ0v) is 15.9. The molecule has 29 heavy (non-hydrogen) atoms. The first kappa shape index (κ1) is 20.3. The van der Waals surface area contributed by atoms with E-state index in [1.54, 1.807) is 36.4 Å². The van der Waals surface area contributed by atoms with Gasteiger partial charge in [-0.25, -0.2) is 14.0 Å². The highest BCUT2D eigenvalue weighted by molar-refractivity contribution is 5.92. The minimum Gasteiger partial charge on any atom is -0.467 e. The number of hydrogen-bond donors (Lipinski definition) is 1. The van der Waals surface area contributed by atoms with Gasteiger partial charge in [0.1, 0.15) is 18.5 Å². The molecule has 0 unspecified atom stereocenters. The fourth-order valence-corrected chi connectivity index (χ4v) is 2.89. The minimum absolute atomic E-state index is 0.0486. The van der Waals surface area contributed by atoms with E-state index in [-0.39, 0.29) is 24.8 Å². The van der Waals surface area contributed by atoms with Crippen molar-refractivity contribution in [2.45, 2.75) is 25.5 Å². The van der Waals surface area contributed by atoms with Gasteiger partial charge < -0.3 is 14.8 Å². The molecule has 0 aromatic heterocycles. The van der Waals surface area contributed by atoms with Gasteiger partial charge in [0.2, 0.25) is 5.91 Å². The molecule has 1 aliphatic heterocycles. The number of nitrogens with one attached hydrogen (secondary N) is 1. The van der Waals surface area contributed by atoms with E-state index in [0.29, 0.717) is 24.2 Å². The monoisotopic (exact) mass is 400 g/mol. The van der Waals surface area contributed by atoms with Gasteiger partial charge in [-0.1, -0.05) is 24.3 Å². The fraction of sp³-hybridized carbons (Fsp3) is 0.286. The van der Waals surface area contributed by atoms with Crippen LogP contribution in [0.15, 0.2) is 48.5 Å². The molecule has 152 valence electrons. The average molecular weight is 400 g/mol. The van der Waals surface area contributed by atoms with Gasteiger partial charge in [-0.05, 0) is 41.8 Å². The Morgan fingerprint density at radius 3 is 2.31 bits per heavy atom. The molecule has 1 saturated heterocycles. The van der Waals surface area contributed by atoms with Crippen LogP contribution in [0.3, 0.4) is 0 Å². The maximum atomic E-state index is 12.9. The average Bonchev–Trinajstić information content (AvgIpc) is 2.68. The van der Waals surface area contributed by atoms with Gasteiger partial charge in [-0.15, -0.1) is 0 Å². The molecule has 1 heterocycles. The van der Waals surface area contributed by atoms with Gasteiger partial charge in [-0.3, -0.25) is 9.69 Å². The minimum atomic E-state index is -0.578.